The van der Waals surface area contributed by atoms with E-state index >= 15 is 0 Å². The lowest BCUT2D eigenvalue weighted by Crippen LogP contribution is -2.20. The Kier molecular flexibility index (Phi) is 5.31. The Hall–Kier alpha value is -4.66. The molecule has 33 heavy (non-hydrogen) atoms. The van der Waals surface area contributed by atoms with Gasteiger partial charge in [0.15, 0.2) is 5.82 Å². The second-order valence-electron chi connectivity index (χ2n) is 6.79. The molecule has 0 unspecified atom stereocenters. The molecule has 0 aliphatic heterocycles. The summed E-state index contributed by atoms with van der Waals surface area (Å²) in [4.78, 5) is 19.6. The van der Waals surface area contributed by atoms with Gasteiger partial charge in [-0.15, -0.1) is 0 Å². The van der Waals surface area contributed by atoms with Crippen molar-refractivity contribution in [3.63, 3.8) is 0 Å². The zero-order chi connectivity index (χ0) is 23.8. The van der Waals surface area contributed by atoms with Crippen molar-refractivity contribution in [2.75, 3.05) is 16.4 Å². The fourth-order valence-corrected chi connectivity index (χ4v) is 3.19. The van der Waals surface area contributed by atoms with Crippen LogP contribution in [0.1, 0.15) is 5.56 Å². The highest BCUT2D eigenvalue weighted by Gasteiger charge is 2.31. The Bertz CT molecular complexity index is 1410. The summed E-state index contributed by atoms with van der Waals surface area (Å²) < 4.78 is 53.8. The first kappa shape index (κ1) is 21.6. The minimum absolute atomic E-state index is 0.180. The fraction of sp³-hybridized carbons (Fsp3) is 0.0476. The minimum Gasteiger partial charge on any atom is -0.382 e. The van der Waals surface area contributed by atoms with E-state index in [2.05, 4.69) is 25.6 Å². The summed E-state index contributed by atoms with van der Waals surface area (Å²) >= 11 is 0. The molecule has 4 aromatic rings. The van der Waals surface area contributed by atoms with Gasteiger partial charge in [-0.2, -0.15) is 18.3 Å². The smallest absolute Gasteiger partial charge is 0.382 e. The van der Waals surface area contributed by atoms with E-state index in [1.807, 2.05) is 0 Å². The van der Waals surface area contributed by atoms with Crippen molar-refractivity contribution >= 4 is 34.4 Å². The maximum Gasteiger partial charge on any atom is 0.416 e. The second kappa shape index (κ2) is 8.12. The SMILES string of the molecule is [C-]#[N+]c1cn2ncnc(N)c2c1-c1ccc(NC(=O)Nc2cc(C(F)(F)F)ccc2F)cc1. The number of nitrogen functional groups attached to an aromatic ring is 1. The fourth-order valence-electron chi connectivity index (χ4n) is 3.19. The lowest BCUT2D eigenvalue weighted by atomic mass is 10.1. The molecule has 12 heteroatoms. The molecule has 0 saturated heterocycles. The van der Waals surface area contributed by atoms with Crippen LogP contribution in [-0.4, -0.2) is 20.6 Å². The third kappa shape index (κ3) is 4.24. The number of nitrogens with one attached hydrogen (secondary N) is 2. The topological polar surface area (TPSA) is 102 Å². The molecule has 0 radical (unpaired) electrons. The summed E-state index contributed by atoms with van der Waals surface area (Å²) in [6.07, 6.45) is -1.91. The summed E-state index contributed by atoms with van der Waals surface area (Å²) in [7, 11) is 0. The van der Waals surface area contributed by atoms with E-state index in [-0.39, 0.29) is 11.5 Å². The van der Waals surface area contributed by atoms with Crippen LogP contribution in [0.5, 0.6) is 0 Å². The molecule has 2 aromatic heterocycles. The molecule has 2 aromatic carbocycles. The molecule has 4 rings (SSSR count). The number of urea groups is 1. The highest BCUT2D eigenvalue weighted by Crippen LogP contribution is 2.38. The van der Waals surface area contributed by atoms with Crippen molar-refractivity contribution in [2.45, 2.75) is 6.18 Å². The van der Waals surface area contributed by atoms with Gasteiger partial charge in [-0.25, -0.2) is 23.5 Å². The Balaban J connectivity index is 1.56. The van der Waals surface area contributed by atoms with Gasteiger partial charge < -0.3 is 16.4 Å². The lowest BCUT2D eigenvalue weighted by Gasteiger charge is -2.12. The van der Waals surface area contributed by atoms with E-state index in [0.29, 0.717) is 40.5 Å². The van der Waals surface area contributed by atoms with Crippen molar-refractivity contribution in [1.29, 1.82) is 0 Å². The maximum atomic E-state index is 13.8. The number of nitrogens with zero attached hydrogens (tertiary/aromatic N) is 4. The number of nitrogens with two attached hydrogens (primary N) is 1. The summed E-state index contributed by atoms with van der Waals surface area (Å²) in [6.45, 7) is 7.41. The van der Waals surface area contributed by atoms with Gasteiger partial charge in [0.25, 0.3) is 0 Å². The maximum absolute atomic E-state index is 13.8. The van der Waals surface area contributed by atoms with Crippen molar-refractivity contribution in [2.24, 2.45) is 0 Å². The number of fused-ring (bicyclic) bond motifs is 1. The summed E-state index contributed by atoms with van der Waals surface area (Å²) in [5.74, 6) is -0.833. The van der Waals surface area contributed by atoms with Gasteiger partial charge in [-0.3, -0.25) is 0 Å². The molecule has 8 nitrogen and oxygen atoms in total. The van der Waals surface area contributed by atoms with Crippen LogP contribution in [0.3, 0.4) is 0 Å². The molecule has 0 aliphatic carbocycles. The van der Waals surface area contributed by atoms with E-state index in [4.69, 9.17) is 12.3 Å². The van der Waals surface area contributed by atoms with Gasteiger partial charge in [0.2, 0.25) is 5.69 Å². The third-order valence-electron chi connectivity index (χ3n) is 4.68. The van der Waals surface area contributed by atoms with Crippen LogP contribution in [0.25, 0.3) is 21.5 Å². The van der Waals surface area contributed by atoms with Gasteiger partial charge in [-0.1, -0.05) is 12.1 Å². The minimum atomic E-state index is -4.68. The summed E-state index contributed by atoms with van der Waals surface area (Å²) in [5, 5.41) is 8.51. The molecule has 0 saturated carbocycles. The van der Waals surface area contributed by atoms with E-state index in [9.17, 15) is 22.4 Å². The van der Waals surface area contributed by atoms with Gasteiger partial charge >= 0.3 is 12.2 Å². The number of carbonyl (C=O) groups excluding carboxylic acids is 1. The number of amides is 2. The molecule has 166 valence electrons. The molecule has 0 bridgehead atoms. The zero-order valence-corrected chi connectivity index (χ0v) is 16.5. The van der Waals surface area contributed by atoms with Crippen LogP contribution in [0, 0.1) is 12.4 Å². The van der Waals surface area contributed by atoms with Crippen molar-refractivity contribution < 1.29 is 22.4 Å². The number of alkyl halides is 3. The number of aromatic nitrogens is 3. The van der Waals surface area contributed by atoms with Crippen molar-refractivity contribution in [3.05, 3.63) is 77.8 Å². The first-order chi connectivity index (χ1) is 15.7. The van der Waals surface area contributed by atoms with Crippen molar-refractivity contribution in [1.82, 2.24) is 14.6 Å². The molecule has 0 spiro atoms. The number of halogens is 4. The predicted molar refractivity (Wildman–Crippen MR) is 113 cm³/mol. The molecule has 2 amide bonds. The molecule has 0 aliphatic rings. The van der Waals surface area contributed by atoms with Gasteiger partial charge in [-0.05, 0) is 35.9 Å². The summed E-state index contributed by atoms with van der Waals surface area (Å²) in [5.41, 5.74) is 6.35. The summed E-state index contributed by atoms with van der Waals surface area (Å²) in [6, 6.07) is 7.01. The van der Waals surface area contributed by atoms with Crippen LogP contribution >= 0.6 is 0 Å². The number of rotatable bonds is 3. The largest absolute Gasteiger partial charge is 0.416 e. The van der Waals surface area contributed by atoms with Crippen LogP contribution in [-0.2, 0) is 6.18 Å². The number of benzene rings is 2. The van der Waals surface area contributed by atoms with Crippen LogP contribution in [0.4, 0.5) is 45.2 Å². The highest BCUT2D eigenvalue weighted by molar-refractivity contribution is 6.01. The molecule has 0 atom stereocenters. The zero-order valence-electron chi connectivity index (χ0n) is 16.5. The monoisotopic (exact) mass is 455 g/mol. The Morgan fingerprint density at radius 2 is 1.85 bits per heavy atom. The lowest BCUT2D eigenvalue weighted by molar-refractivity contribution is -0.137. The second-order valence-corrected chi connectivity index (χ2v) is 6.79. The first-order valence-electron chi connectivity index (χ1n) is 9.22. The number of hydrogen-bond acceptors (Lipinski definition) is 4. The van der Waals surface area contributed by atoms with Crippen LogP contribution < -0.4 is 16.4 Å². The standard InChI is InChI=1S/C21H13F4N7O/c1-27-16-9-32-18(19(26)28-10-29-32)17(16)11-2-5-13(6-3-11)30-20(33)31-15-8-12(21(23,24)25)4-7-14(15)22/h2-10H,(H2,26,28,29)(H2,30,31,33). The van der Waals surface area contributed by atoms with E-state index in [1.54, 1.807) is 12.1 Å². The molecular formula is C21H13F4N7O. The Labute approximate surface area is 183 Å². The van der Waals surface area contributed by atoms with Crippen molar-refractivity contribution in [3.8, 4) is 11.1 Å². The Morgan fingerprint density at radius 3 is 2.52 bits per heavy atom. The van der Waals surface area contributed by atoms with Crippen LogP contribution in [0.15, 0.2) is 55.0 Å². The van der Waals surface area contributed by atoms with E-state index < -0.39 is 29.3 Å². The van der Waals surface area contributed by atoms with E-state index in [0.717, 1.165) is 0 Å². The van der Waals surface area contributed by atoms with Crippen LogP contribution in [0.2, 0.25) is 0 Å². The predicted octanol–water partition coefficient (Wildman–Crippen LogP) is 5.33. The number of hydrogen-bond donors (Lipinski definition) is 3. The highest BCUT2D eigenvalue weighted by atomic mass is 19.4. The molecule has 2 heterocycles. The molecular weight excluding hydrogens is 442 g/mol. The third-order valence-corrected chi connectivity index (χ3v) is 4.68. The Morgan fingerprint density at radius 1 is 1.12 bits per heavy atom. The van der Waals surface area contributed by atoms with Gasteiger partial charge in [0.05, 0.1) is 17.8 Å². The van der Waals surface area contributed by atoms with E-state index in [1.165, 1.54) is 29.2 Å². The molecule has 4 N–H and O–H groups in total. The number of carbonyl (C=O) groups is 1. The average Bonchev–Trinajstić information content (AvgIpc) is 3.15. The number of anilines is 3. The quantitative estimate of drug-likeness (QED) is 0.287. The average molecular weight is 455 g/mol. The normalized spacial score (nSPS) is 11.2. The first-order valence-corrected chi connectivity index (χ1v) is 9.22. The van der Waals surface area contributed by atoms with Gasteiger partial charge in [0.1, 0.15) is 17.7 Å². The van der Waals surface area contributed by atoms with Gasteiger partial charge in [0, 0.05) is 17.4 Å². The molecule has 0 fully saturated rings.